The van der Waals surface area contributed by atoms with Crippen molar-refractivity contribution in [2.24, 2.45) is 5.41 Å². The molecule has 5 heteroatoms. The second kappa shape index (κ2) is 4.87. The van der Waals surface area contributed by atoms with Crippen LogP contribution in [0.5, 0.6) is 0 Å². The summed E-state index contributed by atoms with van der Waals surface area (Å²) in [6.07, 6.45) is 0. The Kier molecular flexibility index (Phi) is 3.93. The third-order valence-corrected chi connectivity index (χ3v) is 3.12. The number of carbonyl (C=O) groups excluding carboxylic acids is 1. The number of carboxylic acid groups (broad SMARTS) is 1. The largest absolute Gasteiger partial charge is 0.480 e. The van der Waals surface area contributed by atoms with Crippen molar-refractivity contribution in [3.8, 4) is 0 Å². The van der Waals surface area contributed by atoms with Crippen LogP contribution in [-0.4, -0.2) is 24.0 Å². The van der Waals surface area contributed by atoms with E-state index in [9.17, 15) is 9.59 Å². The van der Waals surface area contributed by atoms with Crippen LogP contribution in [0.2, 0.25) is 0 Å². The molecule has 0 atom stereocenters. The minimum absolute atomic E-state index is 0.452. The summed E-state index contributed by atoms with van der Waals surface area (Å²) in [4.78, 5) is 24.4. The van der Waals surface area contributed by atoms with Gasteiger partial charge in [0.15, 0.2) is 0 Å². The van der Waals surface area contributed by atoms with Gasteiger partial charge in [-0.2, -0.15) is 0 Å². The van der Waals surface area contributed by atoms with Gasteiger partial charge in [-0.25, -0.2) is 0 Å². The van der Waals surface area contributed by atoms with Crippen LogP contribution in [0.4, 0.5) is 5.69 Å². The van der Waals surface area contributed by atoms with Crippen molar-refractivity contribution >= 4 is 33.5 Å². The van der Waals surface area contributed by atoms with Gasteiger partial charge in [0.05, 0.1) is 0 Å². The van der Waals surface area contributed by atoms with Gasteiger partial charge in [0.2, 0.25) is 5.91 Å². The predicted octanol–water partition coefficient (Wildman–Crippen LogP) is 2.52. The second-order valence-electron chi connectivity index (χ2n) is 4.27. The molecule has 1 rings (SSSR count). The Bertz CT molecular complexity index is 440. The Morgan fingerprint density at radius 3 is 2.12 bits per heavy atom. The zero-order valence-corrected chi connectivity index (χ0v) is 11.5. The summed E-state index contributed by atoms with van der Waals surface area (Å²) < 4.78 is 0.902. The molecule has 0 heterocycles. The van der Waals surface area contributed by atoms with Gasteiger partial charge < -0.3 is 10.0 Å². The minimum atomic E-state index is -1.43. The Morgan fingerprint density at radius 2 is 1.71 bits per heavy atom. The Hall–Kier alpha value is -1.36. The van der Waals surface area contributed by atoms with E-state index in [-0.39, 0.29) is 0 Å². The highest BCUT2D eigenvalue weighted by atomic mass is 79.9. The summed E-state index contributed by atoms with van der Waals surface area (Å²) >= 11 is 3.30. The molecule has 0 bridgehead atoms. The number of benzene rings is 1. The summed E-state index contributed by atoms with van der Waals surface area (Å²) in [5, 5.41) is 9.00. The highest BCUT2D eigenvalue weighted by molar-refractivity contribution is 9.10. The van der Waals surface area contributed by atoms with Crippen molar-refractivity contribution in [1.29, 1.82) is 0 Å². The first kappa shape index (κ1) is 13.7. The lowest BCUT2D eigenvalue weighted by Crippen LogP contribution is -2.43. The maximum Gasteiger partial charge on any atom is 0.318 e. The maximum atomic E-state index is 12.0. The van der Waals surface area contributed by atoms with Crippen molar-refractivity contribution in [2.45, 2.75) is 13.8 Å². The van der Waals surface area contributed by atoms with Gasteiger partial charge in [0.25, 0.3) is 0 Å². The Morgan fingerprint density at radius 1 is 1.24 bits per heavy atom. The summed E-state index contributed by atoms with van der Waals surface area (Å²) in [7, 11) is 1.57. The van der Waals surface area contributed by atoms with Crippen LogP contribution in [0.3, 0.4) is 0 Å². The minimum Gasteiger partial charge on any atom is -0.480 e. The molecule has 0 fully saturated rings. The number of amides is 1. The first-order chi connectivity index (χ1) is 7.76. The van der Waals surface area contributed by atoms with Crippen LogP contribution in [0.15, 0.2) is 28.7 Å². The predicted molar refractivity (Wildman–Crippen MR) is 69.0 cm³/mol. The summed E-state index contributed by atoms with van der Waals surface area (Å²) in [6, 6.07) is 7.10. The van der Waals surface area contributed by atoms with Gasteiger partial charge in [-0.1, -0.05) is 15.9 Å². The van der Waals surface area contributed by atoms with E-state index in [1.54, 1.807) is 31.3 Å². The molecule has 0 saturated heterocycles. The standard InChI is InChI=1S/C12H14BrNO3/c1-12(2,11(16)17)10(15)14(3)9-6-4-8(13)5-7-9/h4-7H,1-3H3,(H,16,17). The molecule has 17 heavy (non-hydrogen) atoms. The number of hydrogen-bond acceptors (Lipinski definition) is 2. The van der Waals surface area contributed by atoms with E-state index in [0.29, 0.717) is 5.69 Å². The van der Waals surface area contributed by atoms with E-state index in [0.717, 1.165) is 4.47 Å². The summed E-state index contributed by atoms with van der Waals surface area (Å²) in [5.74, 6) is -1.58. The molecule has 0 radical (unpaired) electrons. The van der Waals surface area contributed by atoms with Crippen LogP contribution in [0.1, 0.15) is 13.8 Å². The SMILES string of the molecule is CN(C(=O)C(C)(C)C(=O)O)c1ccc(Br)cc1. The summed E-state index contributed by atoms with van der Waals surface area (Å²) in [5.41, 5.74) is -0.769. The van der Waals surface area contributed by atoms with E-state index in [1.807, 2.05) is 0 Å². The molecule has 92 valence electrons. The van der Waals surface area contributed by atoms with E-state index in [4.69, 9.17) is 5.11 Å². The molecule has 0 aliphatic carbocycles. The average Bonchev–Trinajstić information content (AvgIpc) is 2.27. The molecule has 0 aliphatic rings. The molecule has 0 spiro atoms. The maximum absolute atomic E-state index is 12.0. The van der Waals surface area contributed by atoms with Crippen LogP contribution in [0, 0.1) is 5.41 Å². The molecular weight excluding hydrogens is 286 g/mol. The van der Waals surface area contributed by atoms with E-state index in [2.05, 4.69) is 15.9 Å². The highest BCUT2D eigenvalue weighted by Gasteiger charge is 2.38. The molecule has 0 unspecified atom stereocenters. The molecule has 0 aliphatic heterocycles. The number of rotatable bonds is 3. The van der Waals surface area contributed by atoms with Gasteiger partial charge >= 0.3 is 5.97 Å². The van der Waals surface area contributed by atoms with Crippen LogP contribution >= 0.6 is 15.9 Å². The average molecular weight is 300 g/mol. The van der Waals surface area contributed by atoms with Crippen molar-refractivity contribution in [2.75, 3.05) is 11.9 Å². The first-order valence-corrected chi connectivity index (χ1v) is 5.83. The van der Waals surface area contributed by atoms with E-state index >= 15 is 0 Å². The zero-order chi connectivity index (χ0) is 13.2. The zero-order valence-electron chi connectivity index (χ0n) is 9.90. The first-order valence-electron chi connectivity index (χ1n) is 5.04. The fourth-order valence-corrected chi connectivity index (χ4v) is 1.56. The van der Waals surface area contributed by atoms with E-state index in [1.165, 1.54) is 18.7 Å². The number of carboxylic acids is 1. The molecule has 1 aromatic carbocycles. The third kappa shape index (κ3) is 2.85. The van der Waals surface area contributed by atoms with E-state index < -0.39 is 17.3 Å². The fourth-order valence-electron chi connectivity index (χ4n) is 1.29. The highest BCUT2D eigenvalue weighted by Crippen LogP contribution is 2.24. The number of aliphatic carboxylic acids is 1. The van der Waals surface area contributed by atoms with Gasteiger partial charge in [-0.3, -0.25) is 9.59 Å². The fraction of sp³-hybridized carbons (Fsp3) is 0.333. The molecule has 0 saturated carbocycles. The second-order valence-corrected chi connectivity index (χ2v) is 5.19. The topological polar surface area (TPSA) is 57.6 Å². The quantitative estimate of drug-likeness (QED) is 0.873. The number of carbonyl (C=O) groups is 2. The molecular formula is C12H14BrNO3. The van der Waals surface area contributed by atoms with Crippen LogP contribution in [0.25, 0.3) is 0 Å². The smallest absolute Gasteiger partial charge is 0.318 e. The van der Waals surface area contributed by atoms with Gasteiger partial charge in [0, 0.05) is 17.2 Å². The lowest BCUT2D eigenvalue weighted by molar-refractivity contribution is -0.152. The summed E-state index contributed by atoms with van der Waals surface area (Å²) in [6.45, 7) is 2.79. The molecule has 4 nitrogen and oxygen atoms in total. The number of anilines is 1. The van der Waals surface area contributed by atoms with Crippen molar-refractivity contribution in [3.05, 3.63) is 28.7 Å². The van der Waals surface area contributed by atoms with Crippen molar-refractivity contribution in [1.82, 2.24) is 0 Å². The number of nitrogens with zero attached hydrogens (tertiary/aromatic N) is 1. The lowest BCUT2D eigenvalue weighted by atomic mass is 9.92. The number of hydrogen-bond donors (Lipinski definition) is 1. The Balaban J connectivity index is 2.98. The molecule has 1 N–H and O–H groups in total. The molecule has 1 aromatic rings. The normalized spacial score (nSPS) is 11.1. The molecule has 0 aromatic heterocycles. The third-order valence-electron chi connectivity index (χ3n) is 2.59. The lowest BCUT2D eigenvalue weighted by Gasteiger charge is -2.26. The van der Waals surface area contributed by atoms with Crippen molar-refractivity contribution in [3.63, 3.8) is 0 Å². The number of halogens is 1. The van der Waals surface area contributed by atoms with Gasteiger partial charge in [-0.15, -0.1) is 0 Å². The monoisotopic (exact) mass is 299 g/mol. The van der Waals surface area contributed by atoms with Crippen LogP contribution in [-0.2, 0) is 9.59 Å². The van der Waals surface area contributed by atoms with Crippen LogP contribution < -0.4 is 4.90 Å². The van der Waals surface area contributed by atoms with Gasteiger partial charge in [0.1, 0.15) is 5.41 Å². The Labute approximate surface area is 108 Å². The van der Waals surface area contributed by atoms with Crippen molar-refractivity contribution < 1.29 is 14.7 Å². The molecule has 1 amide bonds. The van der Waals surface area contributed by atoms with Gasteiger partial charge in [-0.05, 0) is 38.1 Å².